The normalized spacial score (nSPS) is 19.5. The molecule has 19 heavy (non-hydrogen) atoms. The van der Waals surface area contributed by atoms with Crippen LogP contribution in [0, 0.1) is 0 Å². The Morgan fingerprint density at radius 2 is 2.42 bits per heavy atom. The van der Waals surface area contributed by atoms with E-state index in [1.54, 1.807) is 6.33 Å². The standard InChI is InChI=1S/C12H18N4O3/c1-2-3-7(12(18)19)16-11(17)9-4-8-10(5-13-9)15-6-14-8/h6-7,9,13H,2-5H2,1H3,(H,14,15)(H,16,17)(H,18,19)/t7-,9?/m1/s1. The Labute approximate surface area is 110 Å². The minimum absolute atomic E-state index is 0.283. The molecule has 7 nitrogen and oxygen atoms in total. The zero-order valence-electron chi connectivity index (χ0n) is 10.8. The Morgan fingerprint density at radius 1 is 1.63 bits per heavy atom. The Morgan fingerprint density at radius 3 is 3.11 bits per heavy atom. The second kappa shape index (κ2) is 5.83. The monoisotopic (exact) mass is 266 g/mol. The number of amides is 1. The van der Waals surface area contributed by atoms with E-state index in [0.717, 1.165) is 11.4 Å². The van der Waals surface area contributed by atoms with E-state index in [1.165, 1.54) is 0 Å². The zero-order chi connectivity index (χ0) is 13.8. The molecular formula is C12H18N4O3. The first-order valence-electron chi connectivity index (χ1n) is 6.39. The molecule has 2 rings (SSSR count). The number of aromatic amines is 1. The van der Waals surface area contributed by atoms with Crippen LogP contribution in [0.15, 0.2) is 6.33 Å². The zero-order valence-corrected chi connectivity index (χ0v) is 10.8. The third kappa shape index (κ3) is 3.11. The molecule has 7 heteroatoms. The van der Waals surface area contributed by atoms with Crippen molar-refractivity contribution < 1.29 is 14.7 Å². The minimum Gasteiger partial charge on any atom is -0.480 e. The summed E-state index contributed by atoms with van der Waals surface area (Å²) < 4.78 is 0. The minimum atomic E-state index is -0.994. The van der Waals surface area contributed by atoms with Crippen LogP contribution < -0.4 is 10.6 Å². The number of nitrogens with one attached hydrogen (secondary N) is 3. The second-order valence-corrected chi connectivity index (χ2v) is 4.65. The van der Waals surface area contributed by atoms with Crippen LogP contribution in [-0.4, -0.2) is 39.0 Å². The maximum Gasteiger partial charge on any atom is 0.326 e. The quantitative estimate of drug-likeness (QED) is 0.590. The molecule has 2 atom stereocenters. The van der Waals surface area contributed by atoms with Crippen LogP contribution in [0.4, 0.5) is 0 Å². The lowest BCUT2D eigenvalue weighted by Gasteiger charge is -2.24. The summed E-state index contributed by atoms with van der Waals surface area (Å²) in [5.74, 6) is -1.28. The highest BCUT2D eigenvalue weighted by molar-refractivity contribution is 5.87. The Hall–Kier alpha value is -1.89. The number of carbonyl (C=O) groups excluding carboxylic acids is 1. The number of hydrogen-bond donors (Lipinski definition) is 4. The highest BCUT2D eigenvalue weighted by atomic mass is 16.4. The van der Waals surface area contributed by atoms with Crippen LogP contribution in [0.5, 0.6) is 0 Å². The van der Waals surface area contributed by atoms with Crippen molar-refractivity contribution in [3.63, 3.8) is 0 Å². The van der Waals surface area contributed by atoms with Gasteiger partial charge in [-0.2, -0.15) is 0 Å². The van der Waals surface area contributed by atoms with E-state index in [2.05, 4.69) is 20.6 Å². The fourth-order valence-electron chi connectivity index (χ4n) is 2.17. The van der Waals surface area contributed by atoms with E-state index in [9.17, 15) is 9.59 Å². The summed E-state index contributed by atoms with van der Waals surface area (Å²) in [5, 5.41) is 14.7. The van der Waals surface area contributed by atoms with Crippen LogP contribution in [0.1, 0.15) is 31.2 Å². The van der Waals surface area contributed by atoms with Gasteiger partial charge < -0.3 is 15.4 Å². The smallest absolute Gasteiger partial charge is 0.326 e. The number of aromatic nitrogens is 2. The predicted molar refractivity (Wildman–Crippen MR) is 67.4 cm³/mol. The number of H-pyrrole nitrogens is 1. The molecule has 0 saturated heterocycles. The van der Waals surface area contributed by atoms with Gasteiger partial charge in [0.1, 0.15) is 6.04 Å². The highest BCUT2D eigenvalue weighted by Crippen LogP contribution is 2.12. The number of fused-ring (bicyclic) bond motifs is 1. The summed E-state index contributed by atoms with van der Waals surface area (Å²) >= 11 is 0. The van der Waals surface area contributed by atoms with Gasteiger partial charge in [0.25, 0.3) is 0 Å². The van der Waals surface area contributed by atoms with E-state index in [-0.39, 0.29) is 5.91 Å². The first kappa shape index (κ1) is 13.5. The lowest BCUT2D eigenvalue weighted by Crippen LogP contribution is -2.52. The van der Waals surface area contributed by atoms with Crippen LogP contribution >= 0.6 is 0 Å². The van der Waals surface area contributed by atoms with Gasteiger partial charge in [0, 0.05) is 13.0 Å². The average molecular weight is 266 g/mol. The van der Waals surface area contributed by atoms with Crippen molar-refractivity contribution in [2.24, 2.45) is 0 Å². The lowest BCUT2D eigenvalue weighted by molar-refractivity contribution is -0.142. The number of hydrogen-bond acceptors (Lipinski definition) is 4. The molecule has 1 aromatic heterocycles. The molecule has 0 aliphatic carbocycles. The summed E-state index contributed by atoms with van der Waals surface area (Å²) in [6.45, 7) is 2.43. The summed E-state index contributed by atoms with van der Waals surface area (Å²) in [4.78, 5) is 30.2. The van der Waals surface area contributed by atoms with Crippen molar-refractivity contribution in [2.75, 3.05) is 0 Å². The molecule has 4 N–H and O–H groups in total. The van der Waals surface area contributed by atoms with Crippen molar-refractivity contribution in [2.45, 2.75) is 44.8 Å². The van der Waals surface area contributed by atoms with Crippen LogP contribution in [0.25, 0.3) is 0 Å². The maximum atomic E-state index is 12.0. The third-order valence-corrected chi connectivity index (χ3v) is 3.24. The van der Waals surface area contributed by atoms with Crippen LogP contribution in [-0.2, 0) is 22.6 Å². The second-order valence-electron chi connectivity index (χ2n) is 4.65. The molecule has 0 aromatic carbocycles. The number of rotatable bonds is 5. The third-order valence-electron chi connectivity index (χ3n) is 3.24. The number of carbonyl (C=O) groups is 2. The van der Waals surface area contributed by atoms with Gasteiger partial charge in [-0.25, -0.2) is 9.78 Å². The topological polar surface area (TPSA) is 107 Å². The van der Waals surface area contributed by atoms with Crippen molar-refractivity contribution in [3.05, 3.63) is 17.7 Å². The van der Waals surface area contributed by atoms with E-state index in [1.807, 2.05) is 6.92 Å². The highest BCUT2D eigenvalue weighted by Gasteiger charge is 2.28. The Bertz CT molecular complexity index is 471. The molecule has 0 radical (unpaired) electrons. The molecule has 0 bridgehead atoms. The van der Waals surface area contributed by atoms with Gasteiger partial charge >= 0.3 is 5.97 Å². The number of nitrogens with zero attached hydrogens (tertiary/aromatic N) is 1. The fraction of sp³-hybridized carbons (Fsp3) is 0.583. The van der Waals surface area contributed by atoms with Crippen molar-refractivity contribution in [1.82, 2.24) is 20.6 Å². The molecular weight excluding hydrogens is 248 g/mol. The van der Waals surface area contributed by atoms with Gasteiger partial charge in [-0.1, -0.05) is 13.3 Å². The number of carboxylic acid groups (broad SMARTS) is 1. The Balaban J connectivity index is 1.95. The molecule has 1 unspecified atom stereocenters. The predicted octanol–water partition coefficient (Wildman–Crippen LogP) is -0.206. The molecule has 2 heterocycles. The van der Waals surface area contributed by atoms with Gasteiger partial charge in [-0.3, -0.25) is 10.1 Å². The average Bonchev–Trinajstić information content (AvgIpc) is 2.85. The van der Waals surface area contributed by atoms with E-state index >= 15 is 0 Å². The van der Waals surface area contributed by atoms with Gasteiger partial charge in [0.15, 0.2) is 0 Å². The van der Waals surface area contributed by atoms with Crippen LogP contribution in [0.3, 0.4) is 0 Å². The maximum absolute atomic E-state index is 12.0. The molecule has 104 valence electrons. The molecule has 0 spiro atoms. The lowest BCUT2D eigenvalue weighted by atomic mass is 10.0. The molecule has 1 aliphatic heterocycles. The summed E-state index contributed by atoms with van der Waals surface area (Å²) in [6, 6.07) is -1.24. The molecule has 1 aliphatic rings. The summed E-state index contributed by atoms with van der Waals surface area (Å²) in [6.07, 6.45) is 3.22. The largest absolute Gasteiger partial charge is 0.480 e. The number of carboxylic acids is 1. The van der Waals surface area contributed by atoms with Crippen molar-refractivity contribution in [1.29, 1.82) is 0 Å². The fourth-order valence-corrected chi connectivity index (χ4v) is 2.17. The Kier molecular flexibility index (Phi) is 4.16. The first-order valence-corrected chi connectivity index (χ1v) is 6.39. The van der Waals surface area contributed by atoms with Gasteiger partial charge in [0.05, 0.1) is 23.8 Å². The molecule has 0 fully saturated rings. The molecule has 1 amide bonds. The van der Waals surface area contributed by atoms with Crippen molar-refractivity contribution >= 4 is 11.9 Å². The van der Waals surface area contributed by atoms with E-state index in [0.29, 0.717) is 25.8 Å². The van der Waals surface area contributed by atoms with Crippen molar-refractivity contribution in [3.8, 4) is 0 Å². The van der Waals surface area contributed by atoms with Crippen LogP contribution in [0.2, 0.25) is 0 Å². The van der Waals surface area contributed by atoms with E-state index in [4.69, 9.17) is 5.11 Å². The first-order chi connectivity index (χ1) is 9.11. The summed E-state index contributed by atoms with van der Waals surface area (Å²) in [7, 11) is 0. The molecule has 0 saturated carbocycles. The van der Waals surface area contributed by atoms with Gasteiger partial charge in [-0.15, -0.1) is 0 Å². The SMILES string of the molecule is CCC[C@@H](NC(=O)C1Cc2nc[nH]c2CN1)C(=O)O. The van der Waals surface area contributed by atoms with E-state index < -0.39 is 18.1 Å². The number of aliphatic carboxylic acids is 1. The molecule has 1 aromatic rings. The summed E-state index contributed by atoms with van der Waals surface area (Å²) in [5.41, 5.74) is 1.84. The number of imidazole rings is 1. The van der Waals surface area contributed by atoms with Gasteiger partial charge in [0.2, 0.25) is 5.91 Å². The van der Waals surface area contributed by atoms with Gasteiger partial charge in [-0.05, 0) is 6.42 Å².